The summed E-state index contributed by atoms with van der Waals surface area (Å²) >= 11 is 4.22. The van der Waals surface area contributed by atoms with Crippen molar-refractivity contribution in [3.63, 3.8) is 0 Å². The van der Waals surface area contributed by atoms with Gasteiger partial charge < -0.3 is 5.21 Å². The molecule has 3 nitrogen and oxygen atoms in total. The Hall–Kier alpha value is -1.29. The summed E-state index contributed by atoms with van der Waals surface area (Å²) in [5.74, 6) is -0.273. The van der Waals surface area contributed by atoms with Crippen LogP contribution in [0.25, 0.3) is 0 Å². The van der Waals surface area contributed by atoms with Gasteiger partial charge in [0, 0.05) is 10.5 Å². The van der Waals surface area contributed by atoms with Gasteiger partial charge in [0.1, 0.15) is 5.71 Å². The van der Waals surface area contributed by atoms with Crippen LogP contribution in [0.1, 0.15) is 29.3 Å². The van der Waals surface area contributed by atoms with Gasteiger partial charge in [-0.05, 0) is 31.0 Å². The monoisotopic (exact) mass is 223 g/mol. The predicted molar refractivity (Wildman–Crippen MR) is 62.3 cm³/mol. The molecule has 0 amide bonds. The quantitative estimate of drug-likeness (QED) is 0.272. The van der Waals surface area contributed by atoms with Crippen LogP contribution in [-0.2, 0) is 0 Å². The molecule has 0 atom stereocenters. The molecule has 0 saturated heterocycles. The number of carbonyl (C=O) groups excluding carboxylic acids is 1. The smallest absolute Gasteiger partial charge is 0.211 e. The molecule has 0 fully saturated rings. The summed E-state index contributed by atoms with van der Waals surface area (Å²) in [5, 5.41) is 11.6. The van der Waals surface area contributed by atoms with Gasteiger partial charge in [-0.1, -0.05) is 18.1 Å². The number of oxime groups is 1. The number of hydrogen-bond donors (Lipinski definition) is 2. The van der Waals surface area contributed by atoms with Crippen LogP contribution in [-0.4, -0.2) is 16.7 Å². The van der Waals surface area contributed by atoms with Crippen LogP contribution in [0.15, 0.2) is 28.3 Å². The van der Waals surface area contributed by atoms with Gasteiger partial charge in [-0.3, -0.25) is 4.79 Å². The maximum absolute atomic E-state index is 11.8. The summed E-state index contributed by atoms with van der Waals surface area (Å²) in [6.45, 7) is 3.69. The molecule has 1 aromatic carbocycles. The molecule has 0 aromatic heterocycles. The lowest BCUT2D eigenvalue weighted by Gasteiger charge is -2.05. The largest absolute Gasteiger partial charge is 0.411 e. The van der Waals surface area contributed by atoms with Crippen LogP contribution in [0.5, 0.6) is 0 Å². The topological polar surface area (TPSA) is 49.7 Å². The van der Waals surface area contributed by atoms with Gasteiger partial charge in [0.05, 0.1) is 0 Å². The van der Waals surface area contributed by atoms with Gasteiger partial charge in [0.25, 0.3) is 0 Å². The van der Waals surface area contributed by atoms with Crippen molar-refractivity contribution in [2.45, 2.75) is 25.2 Å². The van der Waals surface area contributed by atoms with Crippen LogP contribution in [0.3, 0.4) is 0 Å². The molecule has 0 unspecified atom stereocenters. The second kappa shape index (κ2) is 4.98. The highest BCUT2D eigenvalue weighted by Gasteiger charge is 2.15. The Morgan fingerprint density at radius 2 is 2.20 bits per heavy atom. The Morgan fingerprint density at radius 1 is 1.53 bits per heavy atom. The SMILES string of the molecule is CCC(=NO)C(=O)c1ccc(C)cc1S. The van der Waals surface area contributed by atoms with E-state index in [1.165, 1.54) is 0 Å². The third-order valence-electron chi connectivity index (χ3n) is 2.12. The van der Waals surface area contributed by atoms with Crippen LogP contribution in [0.2, 0.25) is 0 Å². The Bertz CT molecular complexity index is 413. The molecule has 0 heterocycles. The number of benzene rings is 1. The number of Topliss-reactive ketones (excluding diaryl/α,β-unsaturated/α-hetero) is 1. The fourth-order valence-electron chi connectivity index (χ4n) is 1.27. The van der Waals surface area contributed by atoms with E-state index >= 15 is 0 Å². The molecule has 80 valence electrons. The molecule has 4 heteroatoms. The van der Waals surface area contributed by atoms with Gasteiger partial charge in [-0.15, -0.1) is 12.6 Å². The normalized spacial score (nSPS) is 11.5. The molecular weight excluding hydrogens is 210 g/mol. The molecule has 0 aliphatic carbocycles. The third-order valence-corrected chi connectivity index (χ3v) is 2.49. The Morgan fingerprint density at radius 3 is 2.67 bits per heavy atom. The number of nitrogens with zero attached hydrogens (tertiary/aromatic N) is 1. The average Bonchev–Trinajstić information content (AvgIpc) is 2.19. The first-order valence-electron chi connectivity index (χ1n) is 4.65. The number of rotatable bonds is 3. The lowest BCUT2D eigenvalue weighted by molar-refractivity contribution is 0.105. The molecule has 0 aliphatic rings. The number of carbonyl (C=O) groups is 1. The van der Waals surface area contributed by atoms with E-state index in [1.807, 2.05) is 13.0 Å². The van der Waals surface area contributed by atoms with Crippen molar-refractivity contribution in [1.82, 2.24) is 0 Å². The lowest BCUT2D eigenvalue weighted by Crippen LogP contribution is -2.14. The molecule has 15 heavy (non-hydrogen) atoms. The van der Waals surface area contributed by atoms with Crippen molar-refractivity contribution in [2.75, 3.05) is 0 Å². The standard InChI is InChI=1S/C11H13NO2S/c1-3-9(12-14)11(13)8-5-4-7(2)6-10(8)15/h4-6,14-15H,3H2,1-2H3. The van der Waals surface area contributed by atoms with Gasteiger partial charge in [-0.25, -0.2) is 0 Å². The summed E-state index contributed by atoms with van der Waals surface area (Å²) < 4.78 is 0. The van der Waals surface area contributed by atoms with Crippen LogP contribution in [0.4, 0.5) is 0 Å². The van der Waals surface area contributed by atoms with Crippen molar-refractivity contribution >= 4 is 24.1 Å². The van der Waals surface area contributed by atoms with Crippen molar-refractivity contribution < 1.29 is 10.0 Å². The highest BCUT2D eigenvalue weighted by molar-refractivity contribution is 7.80. The molecular formula is C11H13NO2S. The van der Waals surface area contributed by atoms with Gasteiger partial charge in [0.2, 0.25) is 5.78 Å². The van der Waals surface area contributed by atoms with Crippen LogP contribution >= 0.6 is 12.6 Å². The fourth-order valence-corrected chi connectivity index (χ4v) is 1.65. The van der Waals surface area contributed by atoms with Crippen molar-refractivity contribution in [2.24, 2.45) is 5.16 Å². The minimum absolute atomic E-state index is 0.147. The zero-order chi connectivity index (χ0) is 11.4. The van der Waals surface area contributed by atoms with Gasteiger partial charge in [-0.2, -0.15) is 0 Å². The first-order chi connectivity index (χ1) is 7.10. The Balaban J connectivity index is 3.12. The number of hydrogen-bond acceptors (Lipinski definition) is 4. The summed E-state index contributed by atoms with van der Waals surface area (Å²) in [5.41, 5.74) is 1.66. The number of aryl methyl sites for hydroxylation is 1. The fraction of sp³-hybridized carbons (Fsp3) is 0.273. The second-order valence-corrected chi connectivity index (χ2v) is 3.73. The van der Waals surface area contributed by atoms with Crippen LogP contribution in [0, 0.1) is 6.92 Å². The maximum atomic E-state index is 11.8. The zero-order valence-corrected chi connectivity index (χ0v) is 9.58. The summed E-state index contributed by atoms with van der Waals surface area (Å²) in [4.78, 5) is 12.4. The van der Waals surface area contributed by atoms with E-state index in [1.54, 1.807) is 19.1 Å². The van der Waals surface area contributed by atoms with Crippen molar-refractivity contribution in [3.05, 3.63) is 29.3 Å². The van der Waals surface area contributed by atoms with Gasteiger partial charge >= 0.3 is 0 Å². The maximum Gasteiger partial charge on any atom is 0.211 e. The zero-order valence-electron chi connectivity index (χ0n) is 8.69. The highest BCUT2D eigenvalue weighted by atomic mass is 32.1. The van der Waals surface area contributed by atoms with E-state index < -0.39 is 0 Å². The molecule has 1 aromatic rings. The minimum atomic E-state index is -0.273. The summed E-state index contributed by atoms with van der Waals surface area (Å²) in [6, 6.07) is 5.33. The predicted octanol–water partition coefficient (Wildman–Crippen LogP) is 2.71. The molecule has 0 radical (unpaired) electrons. The Labute approximate surface area is 94.2 Å². The van der Waals surface area contributed by atoms with E-state index in [-0.39, 0.29) is 11.5 Å². The van der Waals surface area contributed by atoms with E-state index in [2.05, 4.69) is 17.8 Å². The first-order valence-corrected chi connectivity index (χ1v) is 5.10. The molecule has 0 spiro atoms. The average molecular weight is 223 g/mol. The Kier molecular flexibility index (Phi) is 3.91. The highest BCUT2D eigenvalue weighted by Crippen LogP contribution is 2.17. The molecule has 1 rings (SSSR count). The first kappa shape index (κ1) is 11.8. The van der Waals surface area contributed by atoms with E-state index in [0.29, 0.717) is 16.9 Å². The summed E-state index contributed by atoms with van der Waals surface area (Å²) in [7, 11) is 0. The molecule has 0 bridgehead atoms. The van der Waals surface area contributed by atoms with Crippen LogP contribution < -0.4 is 0 Å². The number of ketones is 1. The molecule has 0 saturated carbocycles. The van der Waals surface area contributed by atoms with E-state index in [0.717, 1.165) is 5.56 Å². The lowest BCUT2D eigenvalue weighted by atomic mass is 10.0. The number of thiol groups is 1. The van der Waals surface area contributed by atoms with E-state index in [4.69, 9.17) is 5.21 Å². The summed E-state index contributed by atoms with van der Waals surface area (Å²) in [6.07, 6.45) is 0.399. The second-order valence-electron chi connectivity index (χ2n) is 3.25. The van der Waals surface area contributed by atoms with Crippen molar-refractivity contribution in [1.29, 1.82) is 0 Å². The molecule has 1 N–H and O–H groups in total. The third kappa shape index (κ3) is 2.59. The van der Waals surface area contributed by atoms with Crippen molar-refractivity contribution in [3.8, 4) is 0 Å². The molecule has 0 aliphatic heterocycles. The van der Waals surface area contributed by atoms with E-state index in [9.17, 15) is 4.79 Å². The van der Waals surface area contributed by atoms with Gasteiger partial charge in [0.15, 0.2) is 0 Å². The minimum Gasteiger partial charge on any atom is -0.411 e.